The number of halogens is 1. The number of allylic oxidation sites excluding steroid dienone is 2. The molecule has 0 atom stereocenters. The van der Waals surface area contributed by atoms with Crippen LogP contribution in [0.25, 0.3) is 5.57 Å². The van der Waals surface area contributed by atoms with Crippen molar-refractivity contribution < 1.29 is 4.79 Å². The maximum atomic E-state index is 11.4. The number of carbonyl (C=O) groups excluding carboxylic acids is 1. The van der Waals surface area contributed by atoms with Crippen molar-refractivity contribution in [3.05, 3.63) is 41.5 Å². The quantitative estimate of drug-likeness (QED) is 0.510. The number of carbonyl (C=O) groups is 1. The lowest BCUT2D eigenvalue weighted by molar-refractivity contribution is 0.108. The average molecular weight is 251 g/mol. The first-order valence-electron chi connectivity index (χ1n) is 6.19. The highest BCUT2D eigenvalue weighted by Crippen LogP contribution is 2.24. The molecule has 1 aromatic rings. The van der Waals surface area contributed by atoms with E-state index in [9.17, 15) is 4.79 Å². The minimum absolute atomic E-state index is 0.379. The maximum Gasteiger partial charge on any atom is 0.253 e. The van der Waals surface area contributed by atoms with Gasteiger partial charge in [0.2, 0.25) is 0 Å². The molecule has 0 bridgehead atoms. The fourth-order valence-electron chi connectivity index (χ4n) is 1.86. The van der Waals surface area contributed by atoms with Gasteiger partial charge in [0.15, 0.2) is 0 Å². The third kappa shape index (κ3) is 4.01. The third-order valence-corrected chi connectivity index (χ3v) is 3.02. The molecule has 17 heavy (non-hydrogen) atoms. The highest BCUT2D eigenvalue weighted by Gasteiger charge is 2.10. The summed E-state index contributed by atoms with van der Waals surface area (Å²) < 4.78 is 0. The molecule has 1 rings (SSSR count). The molecule has 0 heterocycles. The van der Waals surface area contributed by atoms with E-state index >= 15 is 0 Å². The number of rotatable bonds is 6. The highest BCUT2D eigenvalue weighted by molar-refractivity contribution is 6.68. The lowest BCUT2D eigenvalue weighted by atomic mass is 9.97. The summed E-state index contributed by atoms with van der Waals surface area (Å²) >= 11 is 5.60. The van der Waals surface area contributed by atoms with Gasteiger partial charge in [0.05, 0.1) is 0 Å². The lowest BCUT2D eigenvalue weighted by Gasteiger charge is -2.09. The van der Waals surface area contributed by atoms with Gasteiger partial charge in [0, 0.05) is 5.56 Å². The SMILES string of the molecule is CCCCC=C(CC)c1ccccc1C(=O)Cl. The van der Waals surface area contributed by atoms with Crippen LogP contribution in [0.1, 0.15) is 55.5 Å². The molecule has 0 N–H and O–H groups in total. The zero-order chi connectivity index (χ0) is 12.7. The second-order valence-corrected chi connectivity index (χ2v) is 4.39. The first-order valence-corrected chi connectivity index (χ1v) is 6.56. The molecular formula is C15H19ClO. The molecule has 0 unspecified atom stereocenters. The van der Waals surface area contributed by atoms with Gasteiger partial charge in [0.1, 0.15) is 0 Å². The molecule has 0 amide bonds. The van der Waals surface area contributed by atoms with Gasteiger partial charge in [-0.15, -0.1) is 0 Å². The second kappa shape index (κ2) is 7.29. The standard InChI is InChI=1S/C15H19ClO/c1-3-5-6-9-12(4-2)13-10-7-8-11-14(13)15(16)17/h7-11H,3-6H2,1-2H3. The van der Waals surface area contributed by atoms with E-state index in [2.05, 4.69) is 19.9 Å². The Kier molecular flexibility index (Phi) is 5.99. The Bertz CT molecular complexity index is 407. The van der Waals surface area contributed by atoms with Gasteiger partial charge >= 0.3 is 0 Å². The summed E-state index contributed by atoms with van der Waals surface area (Å²) in [4.78, 5) is 11.4. The lowest BCUT2D eigenvalue weighted by Crippen LogP contribution is -1.96. The topological polar surface area (TPSA) is 17.1 Å². The smallest absolute Gasteiger partial charge is 0.253 e. The van der Waals surface area contributed by atoms with Crippen LogP contribution in [0.2, 0.25) is 0 Å². The Morgan fingerprint density at radius 2 is 1.88 bits per heavy atom. The van der Waals surface area contributed by atoms with Gasteiger partial charge in [0.25, 0.3) is 5.24 Å². The van der Waals surface area contributed by atoms with E-state index in [1.54, 1.807) is 6.07 Å². The predicted octanol–water partition coefficient (Wildman–Crippen LogP) is 5.05. The van der Waals surface area contributed by atoms with Crippen LogP contribution in [0.5, 0.6) is 0 Å². The highest BCUT2D eigenvalue weighted by atomic mass is 35.5. The number of unbranched alkanes of at least 4 members (excludes halogenated alkanes) is 2. The number of hydrogen-bond acceptors (Lipinski definition) is 1. The van der Waals surface area contributed by atoms with Crippen LogP contribution in [0.4, 0.5) is 0 Å². The van der Waals surface area contributed by atoms with Gasteiger partial charge in [-0.05, 0) is 41.6 Å². The molecule has 92 valence electrons. The summed E-state index contributed by atoms with van der Waals surface area (Å²) in [6.07, 6.45) is 6.57. The summed E-state index contributed by atoms with van der Waals surface area (Å²) in [6.45, 7) is 4.28. The van der Waals surface area contributed by atoms with Gasteiger partial charge in [-0.2, -0.15) is 0 Å². The van der Waals surface area contributed by atoms with E-state index in [0.29, 0.717) is 5.56 Å². The normalized spacial score (nSPS) is 11.6. The van der Waals surface area contributed by atoms with E-state index in [4.69, 9.17) is 11.6 Å². The Labute approximate surface area is 108 Å². The molecule has 0 saturated heterocycles. The molecule has 0 saturated carbocycles. The van der Waals surface area contributed by atoms with Crippen LogP contribution < -0.4 is 0 Å². The van der Waals surface area contributed by atoms with Gasteiger partial charge < -0.3 is 0 Å². The van der Waals surface area contributed by atoms with Crippen molar-refractivity contribution in [2.45, 2.75) is 39.5 Å². The molecule has 0 aliphatic rings. The Balaban J connectivity index is 3.03. The fraction of sp³-hybridized carbons (Fsp3) is 0.400. The van der Waals surface area contributed by atoms with Crippen LogP contribution in [-0.2, 0) is 0 Å². The minimum atomic E-state index is -0.379. The van der Waals surface area contributed by atoms with Crippen molar-refractivity contribution in [2.75, 3.05) is 0 Å². The molecule has 1 nitrogen and oxygen atoms in total. The van der Waals surface area contributed by atoms with Crippen molar-refractivity contribution >= 4 is 22.4 Å². The molecule has 0 spiro atoms. The minimum Gasteiger partial charge on any atom is -0.276 e. The van der Waals surface area contributed by atoms with Crippen LogP contribution in [-0.4, -0.2) is 5.24 Å². The van der Waals surface area contributed by atoms with Gasteiger partial charge in [-0.1, -0.05) is 51.0 Å². The first kappa shape index (κ1) is 14.0. The molecule has 0 radical (unpaired) electrons. The molecular weight excluding hydrogens is 232 g/mol. The predicted molar refractivity (Wildman–Crippen MR) is 74.4 cm³/mol. The van der Waals surface area contributed by atoms with Crippen LogP contribution in [0.15, 0.2) is 30.3 Å². The zero-order valence-corrected chi connectivity index (χ0v) is 11.3. The zero-order valence-electron chi connectivity index (χ0n) is 10.5. The molecule has 0 aromatic heterocycles. The molecule has 0 aliphatic carbocycles. The summed E-state index contributed by atoms with van der Waals surface area (Å²) in [5.41, 5.74) is 2.80. The molecule has 0 fully saturated rings. The largest absolute Gasteiger partial charge is 0.276 e. The monoisotopic (exact) mass is 250 g/mol. The first-order chi connectivity index (χ1) is 8.20. The van der Waals surface area contributed by atoms with Crippen LogP contribution >= 0.6 is 11.6 Å². The van der Waals surface area contributed by atoms with Crippen LogP contribution in [0.3, 0.4) is 0 Å². The van der Waals surface area contributed by atoms with Crippen molar-refractivity contribution in [1.82, 2.24) is 0 Å². The Hall–Kier alpha value is -1.08. The second-order valence-electron chi connectivity index (χ2n) is 4.04. The molecule has 1 aromatic carbocycles. The van der Waals surface area contributed by atoms with Crippen LogP contribution in [0, 0.1) is 0 Å². The van der Waals surface area contributed by atoms with E-state index in [1.807, 2.05) is 18.2 Å². The third-order valence-electron chi connectivity index (χ3n) is 2.81. The van der Waals surface area contributed by atoms with E-state index in [-0.39, 0.29) is 5.24 Å². The summed E-state index contributed by atoms with van der Waals surface area (Å²) in [5, 5.41) is -0.379. The maximum absolute atomic E-state index is 11.4. The summed E-state index contributed by atoms with van der Waals surface area (Å²) in [6, 6.07) is 7.55. The van der Waals surface area contributed by atoms with Crippen molar-refractivity contribution in [1.29, 1.82) is 0 Å². The number of hydrogen-bond donors (Lipinski definition) is 0. The van der Waals surface area contributed by atoms with Crippen molar-refractivity contribution in [3.63, 3.8) is 0 Å². The molecule has 2 heteroatoms. The summed E-state index contributed by atoms with van der Waals surface area (Å²) in [5.74, 6) is 0. The Morgan fingerprint density at radius 1 is 1.24 bits per heavy atom. The van der Waals surface area contributed by atoms with E-state index in [1.165, 1.54) is 18.4 Å². The molecule has 0 aliphatic heterocycles. The van der Waals surface area contributed by atoms with Crippen molar-refractivity contribution in [3.8, 4) is 0 Å². The average Bonchev–Trinajstić information content (AvgIpc) is 2.35. The summed E-state index contributed by atoms with van der Waals surface area (Å²) in [7, 11) is 0. The Morgan fingerprint density at radius 3 is 2.41 bits per heavy atom. The van der Waals surface area contributed by atoms with E-state index in [0.717, 1.165) is 18.4 Å². The fourth-order valence-corrected chi connectivity index (χ4v) is 2.02. The van der Waals surface area contributed by atoms with E-state index < -0.39 is 0 Å². The van der Waals surface area contributed by atoms with Crippen molar-refractivity contribution in [2.24, 2.45) is 0 Å². The van der Waals surface area contributed by atoms with Gasteiger partial charge in [-0.3, -0.25) is 4.79 Å². The number of benzene rings is 1. The van der Waals surface area contributed by atoms with Gasteiger partial charge in [-0.25, -0.2) is 0 Å².